The standard InChI is InChI=1S/C22H21ClN4/c1-2-20-11-13-24-22(18-5-3-6-19(23)15-18)27(20)21-9-7-17(8-10-21)16-26-14-4-12-25-26/h3-15,22H,2,16H2,1H3. The van der Waals surface area contributed by atoms with Gasteiger partial charge in [-0.1, -0.05) is 42.8 Å². The molecule has 1 atom stereocenters. The Morgan fingerprint density at radius 2 is 1.93 bits per heavy atom. The number of nitrogens with zero attached hydrogens (tertiary/aromatic N) is 4. The molecule has 4 nitrogen and oxygen atoms in total. The highest BCUT2D eigenvalue weighted by molar-refractivity contribution is 6.30. The van der Waals surface area contributed by atoms with Crippen LogP contribution in [0, 0.1) is 0 Å². The number of hydrogen-bond donors (Lipinski definition) is 0. The van der Waals surface area contributed by atoms with E-state index in [-0.39, 0.29) is 6.17 Å². The van der Waals surface area contributed by atoms with E-state index in [1.54, 1.807) is 6.20 Å². The zero-order valence-corrected chi connectivity index (χ0v) is 15.9. The third kappa shape index (κ3) is 3.81. The fourth-order valence-corrected chi connectivity index (χ4v) is 3.55. The third-order valence-electron chi connectivity index (χ3n) is 4.68. The van der Waals surface area contributed by atoms with Crippen molar-refractivity contribution in [2.24, 2.45) is 4.99 Å². The Morgan fingerprint density at radius 1 is 1.07 bits per heavy atom. The molecule has 0 N–H and O–H groups in total. The summed E-state index contributed by atoms with van der Waals surface area (Å²) in [6, 6.07) is 18.5. The van der Waals surface area contributed by atoms with E-state index in [1.807, 2.05) is 41.4 Å². The van der Waals surface area contributed by atoms with Crippen LogP contribution < -0.4 is 4.90 Å². The van der Waals surface area contributed by atoms with Gasteiger partial charge in [-0.3, -0.25) is 9.67 Å². The van der Waals surface area contributed by atoms with Gasteiger partial charge >= 0.3 is 0 Å². The van der Waals surface area contributed by atoms with E-state index in [2.05, 4.69) is 53.3 Å². The van der Waals surface area contributed by atoms with Gasteiger partial charge in [-0.15, -0.1) is 0 Å². The summed E-state index contributed by atoms with van der Waals surface area (Å²) >= 11 is 6.22. The van der Waals surface area contributed by atoms with Crippen LogP contribution in [-0.2, 0) is 6.54 Å². The first-order chi connectivity index (χ1) is 13.2. The molecule has 0 fully saturated rings. The molecule has 2 aromatic carbocycles. The van der Waals surface area contributed by atoms with Gasteiger partial charge in [0.1, 0.15) is 0 Å². The molecular weight excluding hydrogens is 356 g/mol. The van der Waals surface area contributed by atoms with Gasteiger partial charge in [0.15, 0.2) is 6.17 Å². The van der Waals surface area contributed by atoms with E-state index in [4.69, 9.17) is 16.6 Å². The van der Waals surface area contributed by atoms with Gasteiger partial charge in [0, 0.05) is 35.0 Å². The summed E-state index contributed by atoms with van der Waals surface area (Å²) in [7, 11) is 0. The number of aliphatic imine (C=N–C) groups is 1. The predicted octanol–water partition coefficient (Wildman–Crippen LogP) is 5.47. The summed E-state index contributed by atoms with van der Waals surface area (Å²) in [4.78, 5) is 7.01. The van der Waals surface area contributed by atoms with Gasteiger partial charge in [0.2, 0.25) is 0 Å². The van der Waals surface area contributed by atoms with Crippen molar-refractivity contribution in [1.82, 2.24) is 9.78 Å². The Balaban J connectivity index is 1.65. The Bertz CT molecular complexity index is 958. The molecule has 2 heterocycles. The SMILES string of the molecule is CCC1=CC=NC(c2cccc(Cl)c2)N1c1ccc(Cn2cccn2)cc1. The summed E-state index contributed by atoms with van der Waals surface area (Å²) in [6.45, 7) is 2.93. The highest BCUT2D eigenvalue weighted by Crippen LogP contribution is 2.35. The Kier molecular flexibility index (Phi) is 5.07. The molecule has 0 saturated heterocycles. The first-order valence-corrected chi connectivity index (χ1v) is 9.46. The Labute approximate surface area is 164 Å². The highest BCUT2D eigenvalue weighted by atomic mass is 35.5. The van der Waals surface area contributed by atoms with Crippen molar-refractivity contribution in [2.75, 3.05) is 4.90 Å². The van der Waals surface area contributed by atoms with Crippen LogP contribution in [0.1, 0.15) is 30.6 Å². The lowest BCUT2D eigenvalue weighted by Gasteiger charge is -2.35. The van der Waals surface area contributed by atoms with Crippen LogP contribution in [0.5, 0.6) is 0 Å². The quantitative estimate of drug-likeness (QED) is 0.591. The minimum Gasteiger partial charge on any atom is -0.319 e. The molecular formula is C22H21ClN4. The fourth-order valence-electron chi connectivity index (χ4n) is 3.36. The smallest absolute Gasteiger partial charge is 0.151 e. The second-order valence-electron chi connectivity index (χ2n) is 6.48. The summed E-state index contributed by atoms with van der Waals surface area (Å²) in [6.07, 6.45) is 8.57. The lowest BCUT2D eigenvalue weighted by atomic mass is 10.1. The molecule has 0 bridgehead atoms. The lowest BCUT2D eigenvalue weighted by molar-refractivity contribution is 0.681. The molecule has 0 spiro atoms. The van der Waals surface area contributed by atoms with Crippen LogP contribution in [-0.4, -0.2) is 16.0 Å². The second-order valence-corrected chi connectivity index (χ2v) is 6.91. The van der Waals surface area contributed by atoms with Crippen molar-refractivity contribution in [2.45, 2.75) is 26.1 Å². The molecule has 1 aliphatic rings. The van der Waals surface area contributed by atoms with Crippen molar-refractivity contribution in [3.63, 3.8) is 0 Å². The maximum atomic E-state index is 6.22. The first kappa shape index (κ1) is 17.6. The molecule has 1 aliphatic heterocycles. The van der Waals surface area contributed by atoms with Crippen LogP contribution in [0.25, 0.3) is 0 Å². The third-order valence-corrected chi connectivity index (χ3v) is 4.91. The minimum absolute atomic E-state index is 0.111. The molecule has 1 aromatic heterocycles. The van der Waals surface area contributed by atoms with E-state index in [0.29, 0.717) is 0 Å². The average molecular weight is 377 g/mol. The van der Waals surface area contributed by atoms with Gasteiger partial charge in [0.05, 0.1) is 6.54 Å². The largest absolute Gasteiger partial charge is 0.319 e. The van der Waals surface area contributed by atoms with E-state index in [1.165, 1.54) is 11.3 Å². The number of anilines is 1. The van der Waals surface area contributed by atoms with Crippen molar-refractivity contribution in [1.29, 1.82) is 0 Å². The van der Waals surface area contributed by atoms with E-state index >= 15 is 0 Å². The van der Waals surface area contributed by atoms with Gasteiger partial charge in [-0.05, 0) is 54.0 Å². The number of halogens is 1. The van der Waals surface area contributed by atoms with E-state index < -0.39 is 0 Å². The molecule has 0 saturated carbocycles. The zero-order valence-electron chi connectivity index (χ0n) is 15.2. The van der Waals surface area contributed by atoms with Gasteiger partial charge in [-0.2, -0.15) is 5.10 Å². The topological polar surface area (TPSA) is 33.4 Å². The molecule has 4 rings (SSSR count). The summed E-state index contributed by atoms with van der Waals surface area (Å²) in [5, 5.41) is 5.00. The molecule has 1 unspecified atom stereocenters. The summed E-state index contributed by atoms with van der Waals surface area (Å²) in [5.41, 5.74) is 4.65. The monoisotopic (exact) mass is 376 g/mol. The average Bonchev–Trinajstić information content (AvgIpc) is 3.21. The molecule has 5 heteroatoms. The van der Waals surface area contributed by atoms with Crippen LogP contribution >= 0.6 is 11.6 Å². The molecule has 0 radical (unpaired) electrons. The lowest BCUT2D eigenvalue weighted by Crippen LogP contribution is -2.29. The van der Waals surface area contributed by atoms with Gasteiger partial charge < -0.3 is 4.90 Å². The van der Waals surface area contributed by atoms with Crippen molar-refractivity contribution in [3.8, 4) is 0 Å². The van der Waals surface area contributed by atoms with Crippen LogP contribution in [0.15, 0.2) is 83.8 Å². The molecule has 0 amide bonds. The van der Waals surface area contributed by atoms with E-state index in [0.717, 1.165) is 29.2 Å². The Hall–Kier alpha value is -2.85. The minimum atomic E-state index is -0.111. The van der Waals surface area contributed by atoms with Crippen LogP contribution in [0.4, 0.5) is 5.69 Å². The fraction of sp³-hybridized carbons (Fsp3) is 0.182. The normalized spacial score (nSPS) is 16.4. The van der Waals surface area contributed by atoms with Crippen LogP contribution in [0.2, 0.25) is 5.02 Å². The van der Waals surface area contributed by atoms with Gasteiger partial charge in [-0.25, -0.2) is 0 Å². The number of allylic oxidation sites excluding steroid dienone is 2. The number of benzene rings is 2. The molecule has 3 aromatic rings. The number of aromatic nitrogens is 2. The summed E-state index contributed by atoms with van der Waals surface area (Å²) < 4.78 is 1.92. The maximum Gasteiger partial charge on any atom is 0.151 e. The van der Waals surface area contributed by atoms with Gasteiger partial charge in [0.25, 0.3) is 0 Å². The van der Waals surface area contributed by atoms with Crippen LogP contribution in [0.3, 0.4) is 0 Å². The molecule has 0 aliphatic carbocycles. The molecule has 136 valence electrons. The number of hydrogen-bond acceptors (Lipinski definition) is 3. The summed E-state index contributed by atoms with van der Waals surface area (Å²) in [5.74, 6) is 0. The number of rotatable bonds is 5. The van der Waals surface area contributed by atoms with E-state index in [9.17, 15) is 0 Å². The molecule has 27 heavy (non-hydrogen) atoms. The Morgan fingerprint density at radius 3 is 2.63 bits per heavy atom. The predicted molar refractivity (Wildman–Crippen MR) is 111 cm³/mol. The van der Waals surface area contributed by atoms with Crippen molar-refractivity contribution >= 4 is 23.5 Å². The maximum absolute atomic E-state index is 6.22. The second kappa shape index (κ2) is 7.80. The van der Waals surface area contributed by atoms with Crippen molar-refractivity contribution < 1.29 is 0 Å². The first-order valence-electron chi connectivity index (χ1n) is 9.08. The van der Waals surface area contributed by atoms with Crippen molar-refractivity contribution in [3.05, 3.63) is 94.9 Å². The zero-order chi connectivity index (χ0) is 18.6. The highest BCUT2D eigenvalue weighted by Gasteiger charge is 2.24.